The second kappa shape index (κ2) is 22.9. The lowest BCUT2D eigenvalue weighted by atomic mass is 9.93. The predicted molar refractivity (Wildman–Crippen MR) is 104 cm³/mol. The molecule has 0 fully saturated rings. The van der Waals surface area contributed by atoms with Gasteiger partial charge in [0.05, 0.1) is 0 Å². The summed E-state index contributed by atoms with van der Waals surface area (Å²) < 4.78 is 0. The van der Waals surface area contributed by atoms with E-state index in [4.69, 9.17) is 0 Å². The second-order valence-corrected chi connectivity index (χ2v) is 6.55. The van der Waals surface area contributed by atoms with E-state index >= 15 is 0 Å². The van der Waals surface area contributed by atoms with Gasteiger partial charge in [0.25, 0.3) is 0 Å². The van der Waals surface area contributed by atoms with Crippen molar-refractivity contribution in [2.24, 2.45) is 11.8 Å². The van der Waals surface area contributed by atoms with Crippen LogP contribution in [0.1, 0.15) is 120 Å². The predicted octanol–water partition coefficient (Wildman–Crippen LogP) is 7.82. The van der Waals surface area contributed by atoms with Crippen LogP contribution in [0.15, 0.2) is 0 Å². The van der Waals surface area contributed by atoms with Crippen LogP contribution in [0, 0.1) is 11.8 Å². The van der Waals surface area contributed by atoms with Gasteiger partial charge in [0.1, 0.15) is 5.78 Å². The van der Waals surface area contributed by atoms with Crippen molar-refractivity contribution in [3.05, 3.63) is 0 Å². The first-order valence-electron chi connectivity index (χ1n) is 9.97. The highest BCUT2D eigenvalue weighted by Crippen LogP contribution is 2.19. The number of carbonyl (C=O) groups excluding carboxylic acids is 1. The van der Waals surface area contributed by atoms with E-state index in [9.17, 15) is 4.79 Å². The molecule has 0 rings (SSSR count). The molecule has 1 nitrogen and oxygen atoms in total. The fourth-order valence-electron chi connectivity index (χ4n) is 2.37. The van der Waals surface area contributed by atoms with Gasteiger partial charge in [0.15, 0.2) is 0 Å². The molecule has 0 aliphatic carbocycles. The summed E-state index contributed by atoms with van der Waals surface area (Å²) in [5.41, 5.74) is 0. The normalized spacial score (nSPS) is 11.1. The molecule has 0 aromatic rings. The van der Waals surface area contributed by atoms with E-state index in [1.807, 2.05) is 13.8 Å². The molecule has 136 valence electrons. The molecule has 1 atom stereocenters. The third-order valence-corrected chi connectivity index (χ3v) is 3.80. The molecule has 22 heavy (non-hydrogen) atoms. The van der Waals surface area contributed by atoms with Crippen molar-refractivity contribution in [1.29, 1.82) is 0 Å². The molecule has 0 bridgehead atoms. The first kappa shape index (κ1) is 26.6. The molecule has 1 unspecified atom stereocenters. The third-order valence-electron chi connectivity index (χ3n) is 3.80. The molecule has 0 saturated carbocycles. The van der Waals surface area contributed by atoms with Crippen LogP contribution in [0.2, 0.25) is 0 Å². The number of hydrogen-bond acceptors (Lipinski definition) is 1. The van der Waals surface area contributed by atoms with Crippen LogP contribution in [-0.2, 0) is 4.79 Å². The lowest BCUT2D eigenvalue weighted by molar-refractivity contribution is -0.117. The van der Waals surface area contributed by atoms with Gasteiger partial charge in [-0.25, -0.2) is 0 Å². The Morgan fingerprint density at radius 3 is 1.68 bits per heavy atom. The van der Waals surface area contributed by atoms with Crippen LogP contribution in [0.25, 0.3) is 0 Å². The van der Waals surface area contributed by atoms with Crippen LogP contribution in [0.3, 0.4) is 0 Å². The van der Waals surface area contributed by atoms with Crippen LogP contribution in [0.5, 0.6) is 0 Å². The molecule has 0 heterocycles. The Hall–Kier alpha value is -0.330. The van der Waals surface area contributed by atoms with Crippen molar-refractivity contribution in [2.75, 3.05) is 0 Å². The Balaban J connectivity index is -0.000000339. The lowest BCUT2D eigenvalue weighted by Gasteiger charge is -2.13. The molecule has 0 aliphatic rings. The molecule has 0 spiro atoms. The maximum Gasteiger partial charge on any atom is 0.129 e. The highest BCUT2D eigenvalue weighted by atomic mass is 16.1. The summed E-state index contributed by atoms with van der Waals surface area (Å²) in [6.07, 6.45) is 12.9. The first-order valence-corrected chi connectivity index (χ1v) is 9.97. The van der Waals surface area contributed by atoms with E-state index in [0.717, 1.165) is 31.1 Å². The summed E-state index contributed by atoms with van der Waals surface area (Å²) in [5, 5.41) is 0. The van der Waals surface area contributed by atoms with Gasteiger partial charge in [-0.2, -0.15) is 0 Å². The van der Waals surface area contributed by atoms with Gasteiger partial charge in [0.2, 0.25) is 0 Å². The molecule has 0 saturated heterocycles. The summed E-state index contributed by atoms with van der Waals surface area (Å²) in [6, 6.07) is 0. The SMILES string of the molecule is CC.CCCC(CC)CCCCC(C)C.CCCCC(C)=O. The van der Waals surface area contributed by atoms with Crippen molar-refractivity contribution < 1.29 is 4.79 Å². The van der Waals surface area contributed by atoms with E-state index in [-0.39, 0.29) is 0 Å². The van der Waals surface area contributed by atoms with Gasteiger partial charge in [-0.3, -0.25) is 0 Å². The van der Waals surface area contributed by atoms with E-state index in [2.05, 4.69) is 34.6 Å². The largest absolute Gasteiger partial charge is 0.300 e. The highest BCUT2D eigenvalue weighted by Gasteiger charge is 2.04. The number of carbonyl (C=O) groups is 1. The Labute approximate surface area is 142 Å². The Kier molecular flexibility index (Phi) is 27.7. The maximum absolute atomic E-state index is 10.2. The fourth-order valence-corrected chi connectivity index (χ4v) is 2.37. The van der Waals surface area contributed by atoms with Gasteiger partial charge >= 0.3 is 0 Å². The monoisotopic (exact) mass is 314 g/mol. The minimum atomic E-state index is 0.307. The zero-order valence-corrected chi connectivity index (χ0v) is 17.1. The number of hydrogen-bond donors (Lipinski definition) is 0. The van der Waals surface area contributed by atoms with Crippen molar-refractivity contribution in [1.82, 2.24) is 0 Å². The number of rotatable bonds is 11. The van der Waals surface area contributed by atoms with Crippen molar-refractivity contribution >= 4 is 5.78 Å². The number of unbranched alkanes of at least 4 members (excludes halogenated alkanes) is 2. The van der Waals surface area contributed by atoms with Crippen LogP contribution in [-0.4, -0.2) is 5.78 Å². The van der Waals surface area contributed by atoms with Crippen molar-refractivity contribution in [3.8, 4) is 0 Å². The van der Waals surface area contributed by atoms with E-state index in [0.29, 0.717) is 5.78 Å². The molecule has 0 radical (unpaired) electrons. The smallest absolute Gasteiger partial charge is 0.129 e. The summed E-state index contributed by atoms with van der Waals surface area (Å²) in [7, 11) is 0. The molecule has 0 N–H and O–H groups in total. The summed E-state index contributed by atoms with van der Waals surface area (Å²) >= 11 is 0. The zero-order chi connectivity index (χ0) is 17.8. The van der Waals surface area contributed by atoms with E-state index in [1.165, 1.54) is 44.9 Å². The highest BCUT2D eigenvalue weighted by molar-refractivity contribution is 5.75. The average Bonchev–Trinajstić information content (AvgIpc) is 2.50. The first-order chi connectivity index (χ1) is 10.5. The lowest BCUT2D eigenvalue weighted by Crippen LogP contribution is -1.98. The Morgan fingerprint density at radius 2 is 1.36 bits per heavy atom. The topological polar surface area (TPSA) is 17.1 Å². The molecular formula is C21H46O. The fraction of sp³-hybridized carbons (Fsp3) is 0.952. The minimum absolute atomic E-state index is 0.307. The van der Waals surface area contributed by atoms with E-state index in [1.54, 1.807) is 6.92 Å². The summed E-state index contributed by atoms with van der Waals surface area (Å²) in [5.74, 6) is 2.21. The minimum Gasteiger partial charge on any atom is -0.300 e. The van der Waals surface area contributed by atoms with Gasteiger partial charge in [-0.15, -0.1) is 0 Å². The molecule has 0 aromatic carbocycles. The van der Waals surface area contributed by atoms with Crippen LogP contribution in [0.4, 0.5) is 0 Å². The van der Waals surface area contributed by atoms with Crippen LogP contribution < -0.4 is 0 Å². The standard InChI is InChI=1S/C13H28.C6H12O.C2H6/c1-5-9-13(6-2)11-8-7-10-12(3)4;1-3-4-5-6(2)7;1-2/h12-13H,5-11H2,1-4H3;3-5H2,1-2H3;1-2H3. The quantitative estimate of drug-likeness (QED) is 0.355. The van der Waals surface area contributed by atoms with Crippen LogP contribution >= 0.6 is 0 Å². The summed E-state index contributed by atoms with van der Waals surface area (Å²) in [4.78, 5) is 10.2. The maximum atomic E-state index is 10.2. The zero-order valence-electron chi connectivity index (χ0n) is 17.1. The molecule has 1 heteroatoms. The summed E-state index contributed by atoms with van der Waals surface area (Å²) in [6.45, 7) is 17.0. The number of ketones is 1. The average molecular weight is 315 g/mol. The van der Waals surface area contributed by atoms with Crippen molar-refractivity contribution in [2.45, 2.75) is 120 Å². The van der Waals surface area contributed by atoms with Gasteiger partial charge < -0.3 is 4.79 Å². The Morgan fingerprint density at radius 1 is 0.818 bits per heavy atom. The van der Waals surface area contributed by atoms with Gasteiger partial charge in [-0.05, 0) is 25.2 Å². The molecular weight excluding hydrogens is 268 g/mol. The second-order valence-electron chi connectivity index (χ2n) is 6.55. The molecule has 0 aliphatic heterocycles. The van der Waals surface area contributed by atoms with Crippen molar-refractivity contribution in [3.63, 3.8) is 0 Å². The van der Waals surface area contributed by atoms with Gasteiger partial charge in [0, 0.05) is 6.42 Å². The third kappa shape index (κ3) is 27.9. The number of Topliss-reactive ketones (excluding diaryl/α,β-unsaturated/α-hetero) is 1. The van der Waals surface area contributed by atoms with Gasteiger partial charge in [-0.1, -0.05) is 99.8 Å². The molecule has 0 amide bonds. The Bertz CT molecular complexity index is 196. The molecule has 0 aromatic heterocycles. The van der Waals surface area contributed by atoms with E-state index < -0.39 is 0 Å².